The standard InChI is InChI=1S/C13H22N2O3/c1-3-11(13(16)17-2)8-14-4-6-15(7-5-14)12-9-18-10-12/h3,12H,4-10H2,1-2H3/b11-3+. The molecule has 0 aliphatic carbocycles. The van der Waals surface area contributed by atoms with E-state index in [1.807, 2.05) is 13.0 Å². The molecule has 2 aliphatic rings. The van der Waals surface area contributed by atoms with Crippen LogP contribution in [0.25, 0.3) is 0 Å². The molecular weight excluding hydrogens is 232 g/mol. The number of rotatable bonds is 4. The minimum Gasteiger partial charge on any atom is -0.466 e. The number of hydrogen-bond donors (Lipinski definition) is 0. The van der Waals surface area contributed by atoms with E-state index in [2.05, 4.69) is 9.80 Å². The first kappa shape index (κ1) is 13.5. The molecule has 5 nitrogen and oxygen atoms in total. The summed E-state index contributed by atoms with van der Waals surface area (Å²) in [5, 5.41) is 0. The summed E-state index contributed by atoms with van der Waals surface area (Å²) in [6.45, 7) is 8.46. The molecule has 0 aromatic rings. The van der Waals surface area contributed by atoms with Crippen molar-refractivity contribution in [3.05, 3.63) is 11.6 Å². The summed E-state index contributed by atoms with van der Waals surface area (Å²) in [4.78, 5) is 16.3. The summed E-state index contributed by atoms with van der Waals surface area (Å²) < 4.78 is 9.99. The normalized spacial score (nSPS) is 23.8. The molecule has 0 bridgehead atoms. The van der Waals surface area contributed by atoms with Crippen LogP contribution in [0.15, 0.2) is 11.6 Å². The van der Waals surface area contributed by atoms with Crippen molar-refractivity contribution in [2.75, 3.05) is 53.0 Å². The van der Waals surface area contributed by atoms with Crippen molar-refractivity contribution < 1.29 is 14.3 Å². The first-order valence-electron chi connectivity index (χ1n) is 6.52. The lowest BCUT2D eigenvalue weighted by Gasteiger charge is -2.42. The molecule has 2 saturated heterocycles. The van der Waals surface area contributed by atoms with Crippen molar-refractivity contribution in [1.29, 1.82) is 0 Å². The molecule has 0 aromatic heterocycles. The Balaban J connectivity index is 1.77. The van der Waals surface area contributed by atoms with Crippen LogP contribution in [0.3, 0.4) is 0 Å². The number of methoxy groups -OCH3 is 1. The number of carbonyl (C=O) groups is 1. The third kappa shape index (κ3) is 3.10. The van der Waals surface area contributed by atoms with Crippen LogP contribution in [0.1, 0.15) is 6.92 Å². The van der Waals surface area contributed by atoms with Gasteiger partial charge in [0.2, 0.25) is 0 Å². The Morgan fingerprint density at radius 3 is 2.44 bits per heavy atom. The lowest BCUT2D eigenvalue weighted by molar-refractivity contribution is -0.136. The monoisotopic (exact) mass is 254 g/mol. The summed E-state index contributed by atoms with van der Waals surface area (Å²) >= 11 is 0. The molecule has 0 unspecified atom stereocenters. The summed E-state index contributed by atoms with van der Waals surface area (Å²) in [6, 6.07) is 0.619. The molecule has 5 heteroatoms. The maximum Gasteiger partial charge on any atom is 0.334 e. The van der Waals surface area contributed by atoms with E-state index in [1.54, 1.807) is 0 Å². The van der Waals surface area contributed by atoms with Gasteiger partial charge in [0, 0.05) is 38.3 Å². The van der Waals surface area contributed by atoms with Gasteiger partial charge in [-0.25, -0.2) is 4.79 Å². The van der Waals surface area contributed by atoms with E-state index in [0.717, 1.165) is 45.0 Å². The lowest BCUT2D eigenvalue weighted by atomic mass is 10.1. The van der Waals surface area contributed by atoms with E-state index in [-0.39, 0.29) is 5.97 Å². The molecule has 0 atom stereocenters. The highest BCUT2D eigenvalue weighted by Crippen LogP contribution is 2.14. The smallest absolute Gasteiger partial charge is 0.334 e. The molecule has 0 amide bonds. The third-order valence-corrected chi connectivity index (χ3v) is 3.73. The highest BCUT2D eigenvalue weighted by Gasteiger charge is 2.29. The molecule has 0 aromatic carbocycles. The van der Waals surface area contributed by atoms with Crippen LogP contribution >= 0.6 is 0 Å². The van der Waals surface area contributed by atoms with E-state index < -0.39 is 0 Å². The van der Waals surface area contributed by atoms with Crippen LogP contribution in [0, 0.1) is 0 Å². The quantitative estimate of drug-likeness (QED) is 0.526. The predicted molar refractivity (Wildman–Crippen MR) is 68.4 cm³/mol. The predicted octanol–water partition coefficient (Wildman–Crippen LogP) is 0.122. The molecular formula is C13H22N2O3. The second-order valence-corrected chi connectivity index (χ2v) is 4.81. The zero-order chi connectivity index (χ0) is 13.0. The number of piperazine rings is 1. The molecule has 0 N–H and O–H groups in total. The Hall–Kier alpha value is -0.910. The van der Waals surface area contributed by atoms with Gasteiger partial charge in [0.05, 0.1) is 26.4 Å². The number of ether oxygens (including phenoxy) is 2. The van der Waals surface area contributed by atoms with Crippen LogP contribution in [0.4, 0.5) is 0 Å². The van der Waals surface area contributed by atoms with Crippen molar-refractivity contribution in [3.8, 4) is 0 Å². The van der Waals surface area contributed by atoms with Crippen molar-refractivity contribution >= 4 is 5.97 Å². The maximum atomic E-state index is 11.5. The fraction of sp³-hybridized carbons (Fsp3) is 0.769. The molecule has 0 saturated carbocycles. The van der Waals surface area contributed by atoms with E-state index in [4.69, 9.17) is 9.47 Å². The molecule has 2 rings (SSSR count). The Morgan fingerprint density at radius 1 is 1.33 bits per heavy atom. The van der Waals surface area contributed by atoms with Gasteiger partial charge in [-0.2, -0.15) is 0 Å². The molecule has 0 radical (unpaired) electrons. The molecule has 2 aliphatic heterocycles. The lowest BCUT2D eigenvalue weighted by Crippen LogP contribution is -2.56. The number of nitrogens with zero attached hydrogens (tertiary/aromatic N) is 2. The Kier molecular flexibility index (Phi) is 4.74. The van der Waals surface area contributed by atoms with Gasteiger partial charge < -0.3 is 9.47 Å². The van der Waals surface area contributed by atoms with Crippen LogP contribution in [0.2, 0.25) is 0 Å². The molecule has 0 spiro atoms. The van der Waals surface area contributed by atoms with Gasteiger partial charge >= 0.3 is 5.97 Å². The van der Waals surface area contributed by atoms with Crippen molar-refractivity contribution in [2.24, 2.45) is 0 Å². The highest BCUT2D eigenvalue weighted by atomic mass is 16.5. The highest BCUT2D eigenvalue weighted by molar-refractivity contribution is 5.88. The van der Waals surface area contributed by atoms with E-state index in [9.17, 15) is 4.79 Å². The van der Waals surface area contributed by atoms with Gasteiger partial charge in [-0.15, -0.1) is 0 Å². The second kappa shape index (κ2) is 6.31. The molecule has 2 heterocycles. The topological polar surface area (TPSA) is 42.0 Å². The average Bonchev–Trinajstić information content (AvgIpc) is 2.35. The SMILES string of the molecule is C/C=C(\CN1CCN(C2COC2)CC1)C(=O)OC. The Bertz CT molecular complexity index is 318. The Morgan fingerprint density at radius 2 is 2.00 bits per heavy atom. The largest absolute Gasteiger partial charge is 0.466 e. The van der Waals surface area contributed by atoms with Crippen LogP contribution in [-0.2, 0) is 14.3 Å². The fourth-order valence-electron chi connectivity index (χ4n) is 2.37. The van der Waals surface area contributed by atoms with Crippen LogP contribution in [0.5, 0.6) is 0 Å². The summed E-state index contributed by atoms with van der Waals surface area (Å²) in [5.74, 6) is -0.215. The van der Waals surface area contributed by atoms with Gasteiger partial charge in [0.15, 0.2) is 0 Å². The zero-order valence-electron chi connectivity index (χ0n) is 11.2. The first-order chi connectivity index (χ1) is 8.74. The average molecular weight is 254 g/mol. The second-order valence-electron chi connectivity index (χ2n) is 4.81. The molecule has 18 heavy (non-hydrogen) atoms. The minimum atomic E-state index is -0.215. The molecule has 2 fully saturated rings. The summed E-state index contributed by atoms with van der Waals surface area (Å²) in [5.41, 5.74) is 0.748. The van der Waals surface area contributed by atoms with Gasteiger partial charge in [-0.05, 0) is 6.92 Å². The van der Waals surface area contributed by atoms with Gasteiger partial charge in [-0.3, -0.25) is 9.80 Å². The van der Waals surface area contributed by atoms with E-state index in [0.29, 0.717) is 12.6 Å². The van der Waals surface area contributed by atoms with Crippen LogP contribution < -0.4 is 0 Å². The summed E-state index contributed by atoms with van der Waals surface area (Å²) in [7, 11) is 1.43. The molecule has 102 valence electrons. The number of carbonyl (C=O) groups excluding carboxylic acids is 1. The first-order valence-corrected chi connectivity index (χ1v) is 6.52. The van der Waals surface area contributed by atoms with Gasteiger partial charge in [0.1, 0.15) is 0 Å². The Labute approximate surface area is 108 Å². The fourth-order valence-corrected chi connectivity index (χ4v) is 2.37. The van der Waals surface area contributed by atoms with Gasteiger partial charge in [-0.1, -0.05) is 6.08 Å². The van der Waals surface area contributed by atoms with Crippen molar-refractivity contribution in [3.63, 3.8) is 0 Å². The van der Waals surface area contributed by atoms with E-state index in [1.165, 1.54) is 7.11 Å². The number of esters is 1. The van der Waals surface area contributed by atoms with Crippen LogP contribution in [-0.4, -0.2) is 74.9 Å². The van der Waals surface area contributed by atoms with Crippen molar-refractivity contribution in [2.45, 2.75) is 13.0 Å². The van der Waals surface area contributed by atoms with Crippen molar-refractivity contribution in [1.82, 2.24) is 9.80 Å². The van der Waals surface area contributed by atoms with Gasteiger partial charge in [0.25, 0.3) is 0 Å². The number of allylic oxidation sites excluding steroid dienone is 1. The minimum absolute atomic E-state index is 0.215. The van der Waals surface area contributed by atoms with E-state index >= 15 is 0 Å². The third-order valence-electron chi connectivity index (χ3n) is 3.73. The maximum absolute atomic E-state index is 11.5. The summed E-state index contributed by atoms with van der Waals surface area (Å²) in [6.07, 6.45) is 1.85. The number of hydrogen-bond acceptors (Lipinski definition) is 5. The zero-order valence-corrected chi connectivity index (χ0v) is 11.2.